The summed E-state index contributed by atoms with van der Waals surface area (Å²) < 4.78 is 105. The number of rotatable bonds is 6. The topological polar surface area (TPSA) is 69.7 Å². The summed E-state index contributed by atoms with van der Waals surface area (Å²) in [5.74, 6) is -5.39. The highest BCUT2D eigenvalue weighted by molar-refractivity contribution is 7.86. The van der Waals surface area contributed by atoms with Gasteiger partial charge < -0.3 is 0 Å². The maximum absolute atomic E-state index is 13.3. The lowest BCUT2D eigenvalue weighted by Crippen LogP contribution is -2.35. The average molecular weight is 352 g/mol. The van der Waals surface area contributed by atoms with Crippen molar-refractivity contribution in [1.29, 1.82) is 0 Å². The number of benzene rings is 1. The smallest absolute Gasteiger partial charge is 0.265 e. The Hall–Kier alpha value is -1.16. The molecule has 0 aliphatic rings. The van der Waals surface area contributed by atoms with E-state index in [1.807, 2.05) is 0 Å². The molecule has 0 aliphatic carbocycles. The molecule has 5 nitrogen and oxygen atoms in total. The van der Waals surface area contributed by atoms with Crippen LogP contribution in [-0.2, 0) is 29.3 Å². The van der Waals surface area contributed by atoms with Crippen LogP contribution in [0.3, 0.4) is 0 Å². The van der Waals surface area contributed by atoms with E-state index in [2.05, 4.69) is 8.71 Å². The molecule has 0 atom stereocenters. The molecule has 12 heteroatoms. The summed E-state index contributed by atoms with van der Waals surface area (Å²) >= 11 is 0. The van der Waals surface area contributed by atoms with Crippen LogP contribution in [0.1, 0.15) is 5.56 Å². The molecule has 0 aromatic heterocycles. The van der Waals surface area contributed by atoms with Crippen molar-refractivity contribution in [3.8, 4) is 0 Å². The first-order valence-electron chi connectivity index (χ1n) is 4.92. The first kappa shape index (κ1) is 17.9. The second kappa shape index (κ2) is 6.30. The molecule has 0 heterocycles. The quantitative estimate of drug-likeness (QED) is 0.258. The van der Waals surface area contributed by atoms with Crippen LogP contribution in [-0.4, -0.2) is 21.4 Å². The number of alkyl halides is 5. The van der Waals surface area contributed by atoms with Gasteiger partial charge >= 0.3 is 20.8 Å². The normalized spacial score (nSPS) is 13.6. The second-order valence-corrected chi connectivity index (χ2v) is 5.45. The van der Waals surface area contributed by atoms with Crippen molar-refractivity contribution in [1.82, 2.24) is 0 Å². The maximum Gasteiger partial charge on any atom is 0.458 e. The predicted molar refractivity (Wildman–Crippen MR) is 58.2 cm³/mol. The molecule has 0 amide bonds. The van der Waals surface area contributed by atoms with E-state index in [1.54, 1.807) is 0 Å². The Kier molecular flexibility index (Phi) is 5.37. The monoisotopic (exact) mass is 352 g/mol. The maximum atomic E-state index is 13.3. The van der Waals surface area contributed by atoms with Crippen LogP contribution in [0, 0.1) is 0 Å². The van der Waals surface area contributed by atoms with E-state index < -0.39 is 48.2 Å². The zero-order chi connectivity index (χ0) is 16.3. The van der Waals surface area contributed by atoms with E-state index in [0.29, 0.717) is 12.1 Å². The Morgan fingerprint density at radius 1 is 1.10 bits per heavy atom. The molecule has 0 spiro atoms. The highest BCUT2D eigenvalue weighted by Crippen LogP contribution is 2.46. The van der Waals surface area contributed by atoms with Gasteiger partial charge in [0.15, 0.2) is 6.79 Å². The lowest BCUT2D eigenvalue weighted by Gasteiger charge is -2.22. The fraction of sp³-hybridized carbons (Fsp3) is 0.333. The molecule has 0 saturated heterocycles. The van der Waals surface area contributed by atoms with Crippen molar-refractivity contribution in [2.75, 3.05) is 6.79 Å². The zero-order valence-corrected chi connectivity index (χ0v) is 11.5. The fourth-order valence-electron chi connectivity index (χ4n) is 1.27. The molecule has 1 aromatic carbocycles. The lowest BCUT2D eigenvalue weighted by atomic mass is 10.1. The Morgan fingerprint density at radius 2 is 1.67 bits per heavy atom. The van der Waals surface area contributed by atoms with Gasteiger partial charge in [-0.05, 0) is 6.07 Å². The number of hydrogen-bond donors (Lipinski definition) is 0. The van der Waals surface area contributed by atoms with Gasteiger partial charge in [0.05, 0.1) is 5.56 Å². The van der Waals surface area contributed by atoms with Gasteiger partial charge in [0.1, 0.15) is 4.90 Å². The van der Waals surface area contributed by atoms with Crippen LogP contribution in [0.25, 0.3) is 0 Å². The molecule has 0 unspecified atom stereocenters. The Balaban J connectivity index is 3.31. The lowest BCUT2D eigenvalue weighted by molar-refractivity contribution is -0.290. The molecule has 0 radical (unpaired) electrons. The molecule has 0 saturated carbocycles. The average Bonchev–Trinajstić information content (AvgIpc) is 2.37. The third-order valence-corrected chi connectivity index (χ3v) is 3.67. The van der Waals surface area contributed by atoms with Crippen molar-refractivity contribution >= 4 is 18.8 Å². The van der Waals surface area contributed by atoms with E-state index in [4.69, 9.17) is 0 Å². The first-order valence-corrected chi connectivity index (χ1v) is 7.06. The minimum atomic E-state index is -5.98. The molecule has 0 fully saturated rings. The summed E-state index contributed by atoms with van der Waals surface area (Å²) in [5.41, 5.74) is -1.78. The summed E-state index contributed by atoms with van der Waals surface area (Å²) in [4.78, 5) is -1.36. The van der Waals surface area contributed by atoms with E-state index >= 15 is 0 Å². The molecule has 0 bridgehead atoms. The van der Waals surface area contributed by atoms with E-state index in [0.717, 1.165) is 12.1 Å². The molecule has 1 rings (SSSR count). The molecule has 0 N–H and O–H groups in total. The summed E-state index contributed by atoms with van der Waals surface area (Å²) in [6.45, 7) is -1.11. The van der Waals surface area contributed by atoms with E-state index in [1.165, 1.54) is 0 Å². The Morgan fingerprint density at radius 3 is 2.19 bits per heavy atom. The summed E-state index contributed by atoms with van der Waals surface area (Å²) in [6, 6.07) is 2.61. The molecular weight excluding hydrogens is 346 g/mol. The summed E-state index contributed by atoms with van der Waals surface area (Å²) in [5, 5.41) is 0. The Labute approximate surface area is 117 Å². The third kappa shape index (κ3) is 3.94. The van der Waals surface area contributed by atoms with Gasteiger partial charge in [-0.25, -0.2) is 8.75 Å². The van der Waals surface area contributed by atoms with Crippen molar-refractivity contribution in [3.05, 3.63) is 29.8 Å². The number of halogens is 5. The highest BCUT2D eigenvalue weighted by Gasteiger charge is 2.60. The zero-order valence-electron chi connectivity index (χ0n) is 9.80. The summed E-state index contributed by atoms with van der Waals surface area (Å²) in [7, 11) is -5.91. The highest BCUT2D eigenvalue weighted by atomic mass is 32.2. The molecule has 21 heavy (non-hydrogen) atoms. The van der Waals surface area contributed by atoms with E-state index in [-0.39, 0.29) is 0 Å². The molecular formula is C9H6F5O5PS. The molecule has 0 aliphatic heterocycles. The van der Waals surface area contributed by atoms with Gasteiger partial charge in [-0.3, -0.25) is 4.52 Å². The van der Waals surface area contributed by atoms with Crippen LogP contribution in [0.5, 0.6) is 0 Å². The van der Waals surface area contributed by atoms with Crippen molar-refractivity contribution in [2.24, 2.45) is 0 Å². The van der Waals surface area contributed by atoms with Gasteiger partial charge in [0.25, 0.3) is 10.1 Å². The second-order valence-electron chi connectivity index (χ2n) is 3.46. The van der Waals surface area contributed by atoms with Gasteiger partial charge in [0, 0.05) is 0 Å². The van der Waals surface area contributed by atoms with Crippen LogP contribution in [0.15, 0.2) is 29.2 Å². The standard InChI is InChI=1S/C9H6F5O5PS/c10-8(11,9(12,13)14)6-3-1-2-4-7(6)21(16,17)19-5-18-20-15/h1-4H,5H2. The minimum absolute atomic E-state index is 0.316. The van der Waals surface area contributed by atoms with Crippen LogP contribution >= 0.6 is 8.69 Å². The SMILES string of the molecule is O=POCOS(=O)(=O)c1ccccc1C(F)(F)C(F)(F)F. The fourth-order valence-corrected chi connectivity index (χ4v) is 2.45. The van der Waals surface area contributed by atoms with Gasteiger partial charge in [-0.2, -0.15) is 30.4 Å². The predicted octanol–water partition coefficient (Wildman–Crippen LogP) is 3.23. The van der Waals surface area contributed by atoms with Crippen molar-refractivity contribution in [2.45, 2.75) is 17.0 Å². The van der Waals surface area contributed by atoms with Gasteiger partial charge in [-0.15, -0.1) is 0 Å². The minimum Gasteiger partial charge on any atom is -0.265 e. The number of hydrogen-bond acceptors (Lipinski definition) is 5. The van der Waals surface area contributed by atoms with Crippen molar-refractivity contribution < 1.29 is 43.6 Å². The largest absolute Gasteiger partial charge is 0.458 e. The van der Waals surface area contributed by atoms with Crippen LogP contribution in [0.4, 0.5) is 22.0 Å². The van der Waals surface area contributed by atoms with E-state index in [9.17, 15) is 34.9 Å². The third-order valence-electron chi connectivity index (χ3n) is 2.16. The van der Waals surface area contributed by atoms with Crippen LogP contribution < -0.4 is 0 Å². The molecule has 1 aromatic rings. The molecule has 118 valence electrons. The van der Waals surface area contributed by atoms with Crippen LogP contribution in [0.2, 0.25) is 0 Å². The first-order chi connectivity index (χ1) is 9.54. The van der Waals surface area contributed by atoms with Gasteiger partial charge in [-0.1, -0.05) is 18.2 Å². The van der Waals surface area contributed by atoms with Gasteiger partial charge in [0.2, 0.25) is 0 Å². The van der Waals surface area contributed by atoms with Crippen molar-refractivity contribution in [3.63, 3.8) is 0 Å². The summed E-state index contributed by atoms with van der Waals surface area (Å²) in [6.07, 6.45) is -5.98. The Bertz CT molecular complexity index is 615.